The summed E-state index contributed by atoms with van der Waals surface area (Å²) >= 11 is 0. The van der Waals surface area contributed by atoms with Gasteiger partial charge in [0.2, 0.25) is 0 Å². The highest BCUT2D eigenvalue weighted by Gasteiger charge is 2.28. The van der Waals surface area contributed by atoms with Crippen LogP contribution >= 0.6 is 0 Å². The van der Waals surface area contributed by atoms with Crippen molar-refractivity contribution in [2.75, 3.05) is 25.5 Å². The number of esters is 3. The molecule has 38 heavy (non-hydrogen) atoms. The van der Waals surface area contributed by atoms with Crippen molar-refractivity contribution in [3.05, 3.63) is 90.0 Å². The number of para-hydroxylation sites is 1. The summed E-state index contributed by atoms with van der Waals surface area (Å²) in [6.45, 7) is 1.89. The molecule has 0 atom stereocenters. The van der Waals surface area contributed by atoms with Gasteiger partial charge in [-0.1, -0.05) is 60.7 Å². The largest absolute Gasteiger partial charge is 0.465 e. The Hall–Kier alpha value is -4.50. The lowest BCUT2D eigenvalue weighted by Crippen LogP contribution is -2.39. The van der Waals surface area contributed by atoms with Gasteiger partial charge in [-0.3, -0.25) is 10.2 Å². The first-order valence-corrected chi connectivity index (χ1v) is 12.2. The maximum absolute atomic E-state index is 12.3. The van der Waals surface area contributed by atoms with E-state index >= 15 is 0 Å². The Kier molecular flexibility index (Phi) is 8.84. The zero-order valence-corrected chi connectivity index (χ0v) is 20.9. The number of benzene rings is 3. The number of methoxy groups -OCH3 is 1. The van der Waals surface area contributed by atoms with E-state index in [1.807, 2.05) is 48.5 Å². The second-order valence-electron chi connectivity index (χ2n) is 8.79. The first kappa shape index (κ1) is 26.6. The fourth-order valence-electron chi connectivity index (χ4n) is 4.28. The Morgan fingerprint density at radius 1 is 0.868 bits per heavy atom. The van der Waals surface area contributed by atoms with Gasteiger partial charge in [-0.15, -0.1) is 0 Å². The highest BCUT2D eigenvalue weighted by Crippen LogP contribution is 2.27. The lowest BCUT2D eigenvalue weighted by molar-refractivity contribution is -0.168. The van der Waals surface area contributed by atoms with Crippen LogP contribution in [0.1, 0.15) is 28.8 Å². The van der Waals surface area contributed by atoms with E-state index in [2.05, 4.69) is 15.0 Å². The molecular weight excluding hydrogens is 488 g/mol. The molecule has 1 heterocycles. The zero-order valence-electron chi connectivity index (χ0n) is 20.9. The second kappa shape index (κ2) is 12.6. The first-order valence-electron chi connectivity index (χ1n) is 12.2. The van der Waals surface area contributed by atoms with Crippen LogP contribution in [0.5, 0.6) is 0 Å². The summed E-state index contributed by atoms with van der Waals surface area (Å²) in [4.78, 5) is 50.7. The van der Waals surface area contributed by atoms with Gasteiger partial charge in [0.1, 0.15) is 6.10 Å². The number of hydrogen-bond donors (Lipinski definition) is 1. The molecule has 4 rings (SSSR count). The predicted molar refractivity (Wildman–Crippen MR) is 139 cm³/mol. The monoisotopic (exact) mass is 516 g/mol. The minimum Gasteiger partial charge on any atom is -0.465 e. The van der Waals surface area contributed by atoms with E-state index in [0.29, 0.717) is 43.7 Å². The summed E-state index contributed by atoms with van der Waals surface area (Å²) < 4.78 is 14.7. The Bertz CT molecular complexity index is 1300. The maximum atomic E-state index is 12.3. The number of carbonyl (C=O) groups is 4. The van der Waals surface area contributed by atoms with Gasteiger partial charge in [-0.05, 0) is 42.2 Å². The number of nitrogens with zero attached hydrogens (tertiary/aromatic N) is 1. The van der Waals surface area contributed by atoms with E-state index in [-0.39, 0.29) is 0 Å². The number of anilines is 1. The van der Waals surface area contributed by atoms with Gasteiger partial charge in [0, 0.05) is 25.2 Å². The number of amides is 1. The summed E-state index contributed by atoms with van der Waals surface area (Å²) in [5.41, 5.74) is 3.50. The van der Waals surface area contributed by atoms with Crippen LogP contribution in [-0.2, 0) is 30.3 Å². The lowest BCUT2D eigenvalue weighted by Gasteiger charge is -2.31. The molecule has 0 unspecified atom stereocenters. The molecule has 9 nitrogen and oxygen atoms in total. The van der Waals surface area contributed by atoms with Crippen molar-refractivity contribution < 1.29 is 33.4 Å². The van der Waals surface area contributed by atoms with E-state index in [1.54, 1.807) is 30.3 Å². The summed E-state index contributed by atoms with van der Waals surface area (Å²) in [7, 11) is 1.34. The molecule has 9 heteroatoms. The van der Waals surface area contributed by atoms with Crippen LogP contribution in [0.4, 0.5) is 10.5 Å². The van der Waals surface area contributed by atoms with Gasteiger partial charge in [-0.25, -0.2) is 19.2 Å². The number of ether oxygens (including phenoxy) is 3. The standard InChI is InChI=1S/C29H28N2O7/c1-36-26(32)22-11-7-8-20(18-22)19-31-16-14-23(15-17-31)37-27(33)28(34)38-29(35)30-25-13-6-5-12-24(25)21-9-3-2-4-10-21/h2-13,18,23H,14-17,19H2,1H3,(H,30,35). The van der Waals surface area contributed by atoms with Crippen molar-refractivity contribution in [2.45, 2.75) is 25.5 Å². The van der Waals surface area contributed by atoms with Crippen LogP contribution in [0.25, 0.3) is 11.1 Å². The third-order valence-corrected chi connectivity index (χ3v) is 6.16. The Morgan fingerprint density at radius 3 is 2.32 bits per heavy atom. The van der Waals surface area contributed by atoms with Crippen molar-refractivity contribution in [1.82, 2.24) is 4.90 Å². The molecule has 0 aromatic heterocycles. The fourth-order valence-corrected chi connectivity index (χ4v) is 4.28. The van der Waals surface area contributed by atoms with E-state index in [0.717, 1.165) is 16.7 Å². The maximum Gasteiger partial charge on any atom is 0.426 e. The highest BCUT2D eigenvalue weighted by molar-refractivity contribution is 6.31. The van der Waals surface area contributed by atoms with Crippen LogP contribution < -0.4 is 5.32 Å². The van der Waals surface area contributed by atoms with Crippen LogP contribution in [0.15, 0.2) is 78.9 Å². The van der Waals surface area contributed by atoms with E-state index in [4.69, 9.17) is 9.47 Å². The predicted octanol–water partition coefficient (Wildman–Crippen LogP) is 4.42. The Labute approximate surface area is 220 Å². The molecule has 0 spiro atoms. The molecule has 0 radical (unpaired) electrons. The SMILES string of the molecule is COC(=O)c1cccc(CN2CCC(OC(=O)C(=O)OC(=O)Nc3ccccc3-c3ccccc3)CC2)c1. The Morgan fingerprint density at radius 2 is 1.58 bits per heavy atom. The van der Waals surface area contributed by atoms with Crippen molar-refractivity contribution in [3.63, 3.8) is 0 Å². The van der Waals surface area contributed by atoms with E-state index in [9.17, 15) is 19.2 Å². The topological polar surface area (TPSA) is 111 Å². The highest BCUT2D eigenvalue weighted by atomic mass is 16.6. The number of piperidine rings is 1. The number of nitrogens with one attached hydrogen (secondary N) is 1. The minimum absolute atomic E-state index is 0.390. The van der Waals surface area contributed by atoms with E-state index < -0.39 is 30.1 Å². The molecule has 1 aliphatic rings. The second-order valence-corrected chi connectivity index (χ2v) is 8.79. The molecular formula is C29H28N2O7. The Balaban J connectivity index is 1.24. The van der Waals surface area contributed by atoms with Crippen LogP contribution in [0, 0.1) is 0 Å². The quantitative estimate of drug-likeness (QED) is 0.222. The van der Waals surface area contributed by atoms with Gasteiger partial charge in [-0.2, -0.15) is 0 Å². The smallest absolute Gasteiger partial charge is 0.426 e. The van der Waals surface area contributed by atoms with Crippen LogP contribution in [-0.4, -0.2) is 55.2 Å². The molecule has 3 aromatic rings. The van der Waals surface area contributed by atoms with Crippen molar-refractivity contribution >= 4 is 29.7 Å². The molecule has 1 N–H and O–H groups in total. The van der Waals surface area contributed by atoms with Crippen molar-refractivity contribution in [3.8, 4) is 11.1 Å². The summed E-state index contributed by atoms with van der Waals surface area (Å²) in [5, 5.41) is 2.52. The molecule has 1 aliphatic heterocycles. The van der Waals surface area contributed by atoms with Gasteiger partial charge in [0.15, 0.2) is 0 Å². The normalized spacial score (nSPS) is 13.8. The molecule has 1 amide bonds. The fraction of sp³-hybridized carbons (Fsp3) is 0.241. The molecule has 1 saturated heterocycles. The summed E-state index contributed by atoms with van der Waals surface area (Å²) in [6, 6.07) is 23.7. The number of likely N-dealkylation sites (tertiary alicyclic amines) is 1. The lowest BCUT2D eigenvalue weighted by atomic mass is 10.0. The average Bonchev–Trinajstić information content (AvgIpc) is 2.94. The molecule has 0 aliphatic carbocycles. The minimum atomic E-state index is -1.37. The van der Waals surface area contributed by atoms with Crippen molar-refractivity contribution in [1.29, 1.82) is 0 Å². The summed E-state index contributed by atoms with van der Waals surface area (Å²) in [5.74, 6) is -2.97. The third-order valence-electron chi connectivity index (χ3n) is 6.16. The molecule has 196 valence electrons. The molecule has 0 saturated carbocycles. The molecule has 3 aromatic carbocycles. The van der Waals surface area contributed by atoms with Crippen molar-refractivity contribution in [2.24, 2.45) is 0 Å². The van der Waals surface area contributed by atoms with Gasteiger partial charge < -0.3 is 14.2 Å². The summed E-state index contributed by atoms with van der Waals surface area (Å²) in [6.07, 6.45) is -0.493. The number of hydrogen-bond acceptors (Lipinski definition) is 8. The average molecular weight is 517 g/mol. The van der Waals surface area contributed by atoms with Crippen LogP contribution in [0.2, 0.25) is 0 Å². The zero-order chi connectivity index (χ0) is 26.9. The van der Waals surface area contributed by atoms with Gasteiger partial charge >= 0.3 is 24.0 Å². The van der Waals surface area contributed by atoms with Gasteiger partial charge in [0.25, 0.3) is 0 Å². The van der Waals surface area contributed by atoms with Gasteiger partial charge in [0.05, 0.1) is 18.4 Å². The third kappa shape index (κ3) is 7.04. The number of rotatable bonds is 6. The molecule has 0 bridgehead atoms. The first-order chi connectivity index (χ1) is 18.4. The van der Waals surface area contributed by atoms with E-state index in [1.165, 1.54) is 7.11 Å². The number of carbonyl (C=O) groups excluding carboxylic acids is 4. The van der Waals surface area contributed by atoms with Crippen LogP contribution in [0.3, 0.4) is 0 Å². The molecule has 1 fully saturated rings.